The second-order valence-corrected chi connectivity index (χ2v) is 9.20. The maximum absolute atomic E-state index is 6.21. The molecule has 3 aromatic carbocycles. The van der Waals surface area contributed by atoms with E-state index >= 15 is 0 Å². The van der Waals surface area contributed by atoms with Crippen LogP contribution in [-0.2, 0) is 9.31 Å². The summed E-state index contributed by atoms with van der Waals surface area (Å²) in [6.07, 6.45) is 1.82. The highest BCUT2D eigenvalue weighted by atomic mass is 16.7. The average molecular weight is 407 g/mol. The van der Waals surface area contributed by atoms with Gasteiger partial charge in [-0.05, 0) is 73.3 Å². The molecule has 0 atom stereocenters. The first kappa shape index (κ1) is 20.0. The first-order valence-electron chi connectivity index (χ1n) is 10.7. The van der Waals surface area contributed by atoms with Crippen molar-refractivity contribution >= 4 is 23.4 Å². The zero-order valence-corrected chi connectivity index (χ0v) is 18.4. The number of pyridine rings is 1. The Kier molecular flexibility index (Phi) is 4.73. The summed E-state index contributed by atoms with van der Waals surface area (Å²) in [4.78, 5) is 4.43. The van der Waals surface area contributed by atoms with E-state index in [2.05, 4.69) is 93.3 Å². The van der Waals surface area contributed by atoms with E-state index in [1.165, 1.54) is 21.9 Å². The standard InChI is InChI=1S/C27H26BNO2/c1-26(2)27(3,4)31-28(30-26)24-15-14-22-17-21(12-13-23(22)18-24)19-8-10-20(11-9-19)25-7-5-6-16-29-25/h5-18H,1-4H3. The smallest absolute Gasteiger partial charge is 0.399 e. The fourth-order valence-corrected chi connectivity index (χ4v) is 3.94. The summed E-state index contributed by atoms with van der Waals surface area (Å²) in [6, 6.07) is 27.6. The van der Waals surface area contributed by atoms with E-state index in [4.69, 9.17) is 9.31 Å². The summed E-state index contributed by atoms with van der Waals surface area (Å²) >= 11 is 0. The first-order valence-corrected chi connectivity index (χ1v) is 10.7. The van der Waals surface area contributed by atoms with Crippen LogP contribution in [0.2, 0.25) is 0 Å². The molecule has 0 amide bonds. The van der Waals surface area contributed by atoms with Crippen molar-refractivity contribution in [2.75, 3.05) is 0 Å². The molecule has 1 fully saturated rings. The molecule has 2 heterocycles. The van der Waals surface area contributed by atoms with Crippen molar-refractivity contribution in [1.82, 2.24) is 4.98 Å². The molecule has 0 N–H and O–H groups in total. The molecule has 0 bridgehead atoms. The van der Waals surface area contributed by atoms with Gasteiger partial charge in [-0.1, -0.05) is 60.7 Å². The van der Waals surface area contributed by atoms with Gasteiger partial charge in [-0.25, -0.2) is 0 Å². The van der Waals surface area contributed by atoms with E-state index in [1.807, 2.05) is 24.4 Å². The third-order valence-electron chi connectivity index (χ3n) is 6.57. The molecule has 4 aromatic rings. The predicted molar refractivity (Wildman–Crippen MR) is 128 cm³/mol. The molecule has 0 radical (unpaired) electrons. The maximum Gasteiger partial charge on any atom is 0.494 e. The van der Waals surface area contributed by atoms with E-state index < -0.39 is 0 Å². The summed E-state index contributed by atoms with van der Waals surface area (Å²) in [7, 11) is -0.340. The fourth-order valence-electron chi connectivity index (χ4n) is 3.94. The molecule has 1 saturated heterocycles. The Morgan fingerprint density at radius 3 is 1.94 bits per heavy atom. The van der Waals surface area contributed by atoms with Crippen molar-refractivity contribution in [2.45, 2.75) is 38.9 Å². The van der Waals surface area contributed by atoms with Gasteiger partial charge in [-0.15, -0.1) is 0 Å². The largest absolute Gasteiger partial charge is 0.494 e. The van der Waals surface area contributed by atoms with Crippen LogP contribution in [0.5, 0.6) is 0 Å². The van der Waals surface area contributed by atoms with Gasteiger partial charge >= 0.3 is 7.12 Å². The van der Waals surface area contributed by atoms with Crippen LogP contribution < -0.4 is 5.46 Å². The number of benzene rings is 3. The van der Waals surface area contributed by atoms with Crippen molar-refractivity contribution in [3.63, 3.8) is 0 Å². The zero-order valence-electron chi connectivity index (χ0n) is 18.4. The molecule has 4 heteroatoms. The van der Waals surface area contributed by atoms with Gasteiger partial charge in [0.2, 0.25) is 0 Å². The molecule has 31 heavy (non-hydrogen) atoms. The molecular weight excluding hydrogens is 381 g/mol. The van der Waals surface area contributed by atoms with Crippen molar-refractivity contribution in [3.8, 4) is 22.4 Å². The number of fused-ring (bicyclic) bond motifs is 1. The monoisotopic (exact) mass is 407 g/mol. The zero-order chi connectivity index (χ0) is 21.6. The van der Waals surface area contributed by atoms with Crippen LogP contribution in [-0.4, -0.2) is 23.3 Å². The number of hydrogen-bond donors (Lipinski definition) is 0. The summed E-state index contributed by atoms with van der Waals surface area (Å²) in [5, 5.41) is 2.38. The fraction of sp³-hybridized carbons (Fsp3) is 0.222. The van der Waals surface area contributed by atoms with Crippen molar-refractivity contribution in [2.24, 2.45) is 0 Å². The van der Waals surface area contributed by atoms with Gasteiger partial charge in [0.15, 0.2) is 0 Å². The molecule has 0 aliphatic carbocycles. The molecular formula is C27H26BNO2. The lowest BCUT2D eigenvalue weighted by Crippen LogP contribution is -2.41. The Balaban J connectivity index is 1.42. The summed E-state index contributed by atoms with van der Waals surface area (Å²) in [5.74, 6) is 0. The van der Waals surface area contributed by atoms with Crippen molar-refractivity contribution in [1.29, 1.82) is 0 Å². The summed E-state index contributed by atoms with van der Waals surface area (Å²) in [5.41, 5.74) is 4.88. The maximum atomic E-state index is 6.21. The number of hydrogen-bond acceptors (Lipinski definition) is 3. The van der Waals surface area contributed by atoms with Gasteiger partial charge in [0, 0.05) is 11.8 Å². The van der Waals surface area contributed by atoms with Gasteiger partial charge in [0.25, 0.3) is 0 Å². The normalized spacial score (nSPS) is 17.2. The Labute approximate surface area is 184 Å². The molecule has 0 spiro atoms. The molecule has 1 aromatic heterocycles. The van der Waals surface area contributed by atoms with Gasteiger partial charge in [-0.3, -0.25) is 4.98 Å². The van der Waals surface area contributed by atoms with E-state index in [9.17, 15) is 0 Å². The molecule has 0 unspecified atom stereocenters. The third kappa shape index (κ3) is 3.67. The Morgan fingerprint density at radius 2 is 1.26 bits per heavy atom. The lowest BCUT2D eigenvalue weighted by atomic mass is 9.78. The van der Waals surface area contributed by atoms with Crippen molar-refractivity contribution < 1.29 is 9.31 Å². The number of rotatable bonds is 3. The lowest BCUT2D eigenvalue weighted by Gasteiger charge is -2.32. The molecule has 0 saturated carbocycles. The van der Waals surface area contributed by atoms with Gasteiger partial charge < -0.3 is 9.31 Å². The van der Waals surface area contributed by atoms with E-state index in [1.54, 1.807) is 0 Å². The highest BCUT2D eigenvalue weighted by Crippen LogP contribution is 2.36. The second kappa shape index (κ2) is 7.33. The Hall–Kier alpha value is -2.95. The Bertz CT molecular complexity index is 1220. The number of aromatic nitrogens is 1. The van der Waals surface area contributed by atoms with Crippen LogP contribution in [0.1, 0.15) is 27.7 Å². The van der Waals surface area contributed by atoms with Crippen LogP contribution in [0.4, 0.5) is 0 Å². The quantitative estimate of drug-likeness (QED) is 0.398. The minimum Gasteiger partial charge on any atom is -0.399 e. The molecule has 5 rings (SSSR count). The third-order valence-corrected chi connectivity index (χ3v) is 6.57. The lowest BCUT2D eigenvalue weighted by molar-refractivity contribution is 0.00578. The average Bonchev–Trinajstić information content (AvgIpc) is 3.00. The van der Waals surface area contributed by atoms with Gasteiger partial charge in [0.05, 0.1) is 16.9 Å². The van der Waals surface area contributed by atoms with Crippen molar-refractivity contribution in [3.05, 3.63) is 85.1 Å². The minimum atomic E-state index is -0.340. The van der Waals surface area contributed by atoms with Crippen LogP contribution >= 0.6 is 0 Å². The van der Waals surface area contributed by atoms with Crippen LogP contribution in [0, 0.1) is 0 Å². The second-order valence-electron chi connectivity index (χ2n) is 9.20. The molecule has 3 nitrogen and oxygen atoms in total. The topological polar surface area (TPSA) is 31.4 Å². The molecule has 1 aliphatic rings. The minimum absolute atomic E-state index is 0.335. The van der Waals surface area contributed by atoms with E-state index in [0.29, 0.717) is 0 Å². The summed E-state index contributed by atoms with van der Waals surface area (Å²) < 4.78 is 12.4. The van der Waals surface area contributed by atoms with Crippen LogP contribution in [0.25, 0.3) is 33.2 Å². The van der Waals surface area contributed by atoms with Crippen LogP contribution in [0.3, 0.4) is 0 Å². The number of nitrogens with zero attached hydrogens (tertiary/aromatic N) is 1. The van der Waals surface area contributed by atoms with Gasteiger partial charge in [0.1, 0.15) is 0 Å². The first-order chi connectivity index (χ1) is 14.8. The van der Waals surface area contributed by atoms with E-state index in [-0.39, 0.29) is 18.3 Å². The van der Waals surface area contributed by atoms with Gasteiger partial charge in [-0.2, -0.15) is 0 Å². The summed E-state index contributed by atoms with van der Waals surface area (Å²) in [6.45, 7) is 8.33. The molecule has 1 aliphatic heterocycles. The highest BCUT2D eigenvalue weighted by Gasteiger charge is 2.51. The Morgan fingerprint density at radius 1 is 0.645 bits per heavy atom. The van der Waals surface area contributed by atoms with E-state index in [0.717, 1.165) is 16.7 Å². The van der Waals surface area contributed by atoms with Crippen LogP contribution in [0.15, 0.2) is 85.1 Å². The highest BCUT2D eigenvalue weighted by molar-refractivity contribution is 6.62. The SMILES string of the molecule is CC1(C)OB(c2ccc3cc(-c4ccc(-c5ccccn5)cc4)ccc3c2)OC1(C)C. The molecule has 154 valence electrons. The predicted octanol–water partition coefficient (Wildman–Crippen LogP) is 5.87.